The summed E-state index contributed by atoms with van der Waals surface area (Å²) in [5, 5.41) is 3.26. The van der Waals surface area contributed by atoms with Crippen LogP contribution in [-0.2, 0) is 0 Å². The van der Waals surface area contributed by atoms with E-state index >= 15 is 0 Å². The Morgan fingerprint density at radius 1 is 1.00 bits per heavy atom. The van der Waals surface area contributed by atoms with Crippen molar-refractivity contribution in [2.24, 2.45) is 5.92 Å². The summed E-state index contributed by atoms with van der Waals surface area (Å²) in [6.45, 7) is 3.20. The van der Waals surface area contributed by atoms with E-state index in [0.29, 0.717) is 0 Å². The van der Waals surface area contributed by atoms with Crippen LogP contribution >= 0.6 is 0 Å². The second kappa shape index (κ2) is 6.36. The van der Waals surface area contributed by atoms with Gasteiger partial charge in [-0.2, -0.15) is 0 Å². The SMILES string of the molecule is Fc1cc(F)c([C@H](C2CCCC2)N2CCNCC2)c(F)c1. The fourth-order valence-corrected chi connectivity index (χ4v) is 3.79. The standard InChI is InChI=1S/C16H21F3N2/c17-12-9-13(18)15(14(19)10-12)16(11-3-1-2-4-11)21-7-5-20-6-8-21/h9-11,16,20H,1-8H2/t16-/m0/s1. The van der Waals surface area contributed by atoms with Crippen LogP contribution in [0.4, 0.5) is 13.2 Å². The number of rotatable bonds is 3. The predicted molar refractivity (Wildman–Crippen MR) is 75.5 cm³/mol. The highest BCUT2D eigenvalue weighted by Crippen LogP contribution is 2.41. The third kappa shape index (κ3) is 3.09. The number of benzene rings is 1. The Morgan fingerprint density at radius 3 is 2.14 bits per heavy atom. The molecule has 1 aromatic rings. The molecule has 1 saturated heterocycles. The summed E-state index contributed by atoms with van der Waals surface area (Å²) in [6, 6.07) is 1.35. The van der Waals surface area contributed by atoms with Crippen LogP contribution in [0.5, 0.6) is 0 Å². The van der Waals surface area contributed by atoms with E-state index in [1.54, 1.807) is 0 Å². The Labute approximate surface area is 123 Å². The highest BCUT2D eigenvalue weighted by molar-refractivity contribution is 5.25. The maximum Gasteiger partial charge on any atom is 0.133 e. The van der Waals surface area contributed by atoms with Gasteiger partial charge < -0.3 is 5.32 Å². The largest absolute Gasteiger partial charge is 0.314 e. The Kier molecular flexibility index (Phi) is 4.50. The van der Waals surface area contributed by atoms with Crippen molar-refractivity contribution >= 4 is 0 Å². The quantitative estimate of drug-likeness (QED) is 0.921. The molecule has 2 nitrogen and oxygen atoms in total. The van der Waals surface area contributed by atoms with E-state index in [1.807, 2.05) is 0 Å². The Balaban J connectivity index is 1.97. The molecular weight excluding hydrogens is 277 g/mol. The summed E-state index contributed by atoms with van der Waals surface area (Å²) in [5.74, 6) is -2.08. The molecule has 0 unspecified atom stereocenters. The number of nitrogens with one attached hydrogen (secondary N) is 1. The second-order valence-corrected chi connectivity index (χ2v) is 6.06. The molecule has 3 rings (SSSR count). The van der Waals surface area contributed by atoms with Crippen molar-refractivity contribution in [3.8, 4) is 0 Å². The number of halogens is 3. The van der Waals surface area contributed by atoms with Crippen LogP contribution in [0.3, 0.4) is 0 Å². The molecule has 0 radical (unpaired) electrons. The van der Waals surface area contributed by atoms with Crippen molar-refractivity contribution in [1.29, 1.82) is 0 Å². The van der Waals surface area contributed by atoms with Gasteiger partial charge in [0.15, 0.2) is 0 Å². The second-order valence-electron chi connectivity index (χ2n) is 6.06. The lowest BCUT2D eigenvalue weighted by Crippen LogP contribution is -2.47. The van der Waals surface area contributed by atoms with Crippen LogP contribution in [0, 0.1) is 23.4 Å². The van der Waals surface area contributed by atoms with Crippen LogP contribution in [0.1, 0.15) is 37.3 Å². The predicted octanol–water partition coefficient (Wildman–Crippen LogP) is 3.24. The van der Waals surface area contributed by atoms with Crippen molar-refractivity contribution in [2.75, 3.05) is 26.2 Å². The van der Waals surface area contributed by atoms with Gasteiger partial charge in [-0.15, -0.1) is 0 Å². The van der Waals surface area contributed by atoms with Crippen LogP contribution in [0.2, 0.25) is 0 Å². The molecule has 2 aliphatic rings. The molecule has 0 spiro atoms. The molecule has 21 heavy (non-hydrogen) atoms. The monoisotopic (exact) mass is 298 g/mol. The van der Waals surface area contributed by atoms with Gasteiger partial charge in [0.1, 0.15) is 17.5 Å². The van der Waals surface area contributed by atoms with E-state index < -0.39 is 17.5 Å². The van der Waals surface area contributed by atoms with Gasteiger partial charge in [-0.3, -0.25) is 4.90 Å². The first kappa shape index (κ1) is 14.9. The maximum absolute atomic E-state index is 14.2. The zero-order valence-electron chi connectivity index (χ0n) is 12.0. The molecule has 1 N–H and O–H groups in total. The van der Waals surface area contributed by atoms with E-state index in [-0.39, 0.29) is 17.5 Å². The zero-order valence-corrected chi connectivity index (χ0v) is 12.0. The van der Waals surface area contributed by atoms with E-state index in [9.17, 15) is 13.2 Å². The number of hydrogen-bond donors (Lipinski definition) is 1. The molecular formula is C16H21F3N2. The van der Waals surface area contributed by atoms with Crippen molar-refractivity contribution in [2.45, 2.75) is 31.7 Å². The molecule has 1 atom stereocenters. The molecule has 0 bridgehead atoms. The third-order valence-corrected chi connectivity index (χ3v) is 4.73. The van der Waals surface area contributed by atoms with Gasteiger partial charge >= 0.3 is 0 Å². The van der Waals surface area contributed by atoms with Crippen molar-refractivity contribution in [3.05, 3.63) is 35.1 Å². The van der Waals surface area contributed by atoms with Crippen molar-refractivity contribution in [1.82, 2.24) is 10.2 Å². The molecule has 1 heterocycles. The molecule has 5 heteroatoms. The Morgan fingerprint density at radius 2 is 1.57 bits per heavy atom. The van der Waals surface area contributed by atoms with E-state index in [4.69, 9.17) is 0 Å². The number of hydrogen-bond acceptors (Lipinski definition) is 2. The molecule has 2 fully saturated rings. The van der Waals surface area contributed by atoms with Crippen LogP contribution in [0.25, 0.3) is 0 Å². The summed E-state index contributed by atoms with van der Waals surface area (Å²) in [4.78, 5) is 2.16. The summed E-state index contributed by atoms with van der Waals surface area (Å²) >= 11 is 0. The van der Waals surface area contributed by atoms with Gasteiger partial charge in [-0.1, -0.05) is 12.8 Å². The minimum Gasteiger partial charge on any atom is -0.314 e. The summed E-state index contributed by atoms with van der Waals surface area (Å²) in [7, 11) is 0. The first-order valence-electron chi connectivity index (χ1n) is 7.76. The zero-order chi connectivity index (χ0) is 14.8. The molecule has 0 aromatic heterocycles. The normalized spacial score (nSPS) is 22.6. The molecule has 116 valence electrons. The van der Waals surface area contributed by atoms with Crippen molar-refractivity contribution in [3.63, 3.8) is 0 Å². The average Bonchev–Trinajstić information content (AvgIpc) is 2.97. The van der Waals surface area contributed by atoms with Gasteiger partial charge in [-0.05, 0) is 18.8 Å². The van der Waals surface area contributed by atoms with Crippen LogP contribution in [-0.4, -0.2) is 31.1 Å². The van der Waals surface area contributed by atoms with E-state index in [2.05, 4.69) is 10.2 Å². The lowest BCUT2D eigenvalue weighted by Gasteiger charge is -2.38. The highest BCUT2D eigenvalue weighted by Gasteiger charge is 2.35. The van der Waals surface area contributed by atoms with Gasteiger partial charge in [-0.25, -0.2) is 13.2 Å². The fraction of sp³-hybridized carbons (Fsp3) is 0.625. The van der Waals surface area contributed by atoms with Gasteiger partial charge in [0, 0.05) is 49.9 Å². The smallest absolute Gasteiger partial charge is 0.133 e. The molecule has 1 aliphatic carbocycles. The highest BCUT2D eigenvalue weighted by atomic mass is 19.1. The minimum absolute atomic E-state index is 0.0604. The number of piperazine rings is 1. The molecule has 1 saturated carbocycles. The van der Waals surface area contributed by atoms with E-state index in [0.717, 1.165) is 64.0 Å². The molecule has 1 aliphatic heterocycles. The topological polar surface area (TPSA) is 15.3 Å². The Hall–Kier alpha value is -1.07. The number of nitrogens with zero attached hydrogens (tertiary/aromatic N) is 1. The van der Waals surface area contributed by atoms with Crippen LogP contribution < -0.4 is 5.32 Å². The first-order valence-corrected chi connectivity index (χ1v) is 7.76. The fourth-order valence-electron chi connectivity index (χ4n) is 3.79. The lowest BCUT2D eigenvalue weighted by molar-refractivity contribution is 0.119. The summed E-state index contributed by atoms with van der Waals surface area (Å²) in [5.41, 5.74) is 0.0604. The lowest BCUT2D eigenvalue weighted by atomic mass is 9.89. The van der Waals surface area contributed by atoms with E-state index in [1.165, 1.54) is 0 Å². The first-order chi connectivity index (χ1) is 10.2. The minimum atomic E-state index is -0.848. The maximum atomic E-state index is 14.2. The average molecular weight is 298 g/mol. The van der Waals surface area contributed by atoms with Gasteiger partial charge in [0.2, 0.25) is 0 Å². The van der Waals surface area contributed by atoms with Gasteiger partial charge in [0.25, 0.3) is 0 Å². The van der Waals surface area contributed by atoms with Crippen LogP contribution in [0.15, 0.2) is 12.1 Å². The van der Waals surface area contributed by atoms with Crippen molar-refractivity contribution < 1.29 is 13.2 Å². The third-order valence-electron chi connectivity index (χ3n) is 4.73. The molecule has 0 amide bonds. The van der Waals surface area contributed by atoms with Gasteiger partial charge in [0.05, 0.1) is 0 Å². The summed E-state index contributed by atoms with van der Waals surface area (Å²) in [6.07, 6.45) is 4.20. The Bertz CT molecular complexity index is 471. The summed E-state index contributed by atoms with van der Waals surface area (Å²) < 4.78 is 41.7. The molecule has 1 aromatic carbocycles.